The van der Waals surface area contributed by atoms with Gasteiger partial charge in [0.25, 0.3) is 5.91 Å². The smallest absolute Gasteiger partial charge is 0.329 e. The first-order chi connectivity index (χ1) is 10.9. The monoisotopic (exact) mass is 322 g/mol. The molecule has 1 aromatic heterocycles. The molecule has 0 unspecified atom stereocenters. The molecule has 0 atom stereocenters. The van der Waals surface area contributed by atoms with Crippen LogP contribution in [0.1, 0.15) is 49.6 Å². The third-order valence-corrected chi connectivity index (χ3v) is 4.30. The molecule has 1 saturated carbocycles. The number of aliphatic carboxylic acids is 1. The summed E-state index contributed by atoms with van der Waals surface area (Å²) in [6.07, 6.45) is 3.85. The molecule has 0 spiro atoms. The van der Waals surface area contributed by atoms with Gasteiger partial charge in [0.15, 0.2) is 5.76 Å². The lowest BCUT2D eigenvalue weighted by Gasteiger charge is -2.36. The average molecular weight is 322 g/mol. The molecule has 2 rings (SSSR count). The van der Waals surface area contributed by atoms with Crippen molar-refractivity contribution in [3.63, 3.8) is 0 Å². The van der Waals surface area contributed by atoms with Gasteiger partial charge in [0.1, 0.15) is 5.54 Å². The molecular formula is C16H22N2O5. The number of nitrogens with one attached hydrogen (secondary N) is 2. The molecule has 3 N–H and O–H groups in total. The van der Waals surface area contributed by atoms with E-state index in [1.54, 1.807) is 6.07 Å². The highest BCUT2D eigenvalue weighted by Gasteiger charge is 2.42. The van der Waals surface area contributed by atoms with Crippen molar-refractivity contribution < 1.29 is 23.9 Å². The van der Waals surface area contributed by atoms with Crippen LogP contribution in [-0.2, 0) is 9.59 Å². The van der Waals surface area contributed by atoms with Gasteiger partial charge in [-0.05, 0) is 43.7 Å². The Hall–Kier alpha value is -2.31. The lowest BCUT2D eigenvalue weighted by atomic mass is 9.77. The zero-order chi connectivity index (χ0) is 16.9. The molecule has 1 aliphatic rings. The third-order valence-electron chi connectivity index (χ3n) is 4.30. The summed E-state index contributed by atoms with van der Waals surface area (Å²) < 4.78 is 4.94. The van der Waals surface area contributed by atoms with E-state index in [-0.39, 0.29) is 24.6 Å². The molecule has 7 nitrogen and oxygen atoms in total. The molecule has 1 aliphatic carbocycles. The number of carbonyl (C=O) groups excluding carboxylic acids is 2. The third kappa shape index (κ3) is 4.34. The van der Waals surface area contributed by atoms with Gasteiger partial charge in [0.05, 0.1) is 6.26 Å². The normalized spacial score (nSPS) is 24.0. The van der Waals surface area contributed by atoms with Crippen LogP contribution in [0.4, 0.5) is 0 Å². The van der Waals surface area contributed by atoms with Crippen LogP contribution in [0, 0.1) is 5.92 Å². The van der Waals surface area contributed by atoms with Gasteiger partial charge >= 0.3 is 5.97 Å². The van der Waals surface area contributed by atoms with Crippen molar-refractivity contribution in [1.29, 1.82) is 0 Å². The number of carboxylic acids is 1. The average Bonchev–Trinajstić information content (AvgIpc) is 3.04. The van der Waals surface area contributed by atoms with Crippen molar-refractivity contribution in [3.8, 4) is 0 Å². The topological polar surface area (TPSA) is 109 Å². The molecular weight excluding hydrogens is 300 g/mol. The van der Waals surface area contributed by atoms with E-state index in [4.69, 9.17) is 4.42 Å². The van der Waals surface area contributed by atoms with E-state index in [1.165, 1.54) is 12.3 Å². The van der Waals surface area contributed by atoms with Crippen LogP contribution in [0.5, 0.6) is 0 Å². The van der Waals surface area contributed by atoms with Crippen LogP contribution >= 0.6 is 0 Å². The van der Waals surface area contributed by atoms with E-state index in [2.05, 4.69) is 17.6 Å². The van der Waals surface area contributed by atoms with Crippen LogP contribution in [0.15, 0.2) is 22.8 Å². The number of carboxylic acid groups (broad SMARTS) is 1. The first-order valence-electron chi connectivity index (χ1n) is 7.79. The SMILES string of the molecule is CC1CCC(NC(=O)CCNC(=O)c2ccco2)(C(=O)O)CC1. The summed E-state index contributed by atoms with van der Waals surface area (Å²) in [7, 11) is 0. The Morgan fingerprint density at radius 2 is 2.04 bits per heavy atom. The van der Waals surface area contributed by atoms with Gasteiger partial charge in [-0.25, -0.2) is 4.79 Å². The minimum absolute atomic E-state index is 0.0248. The highest BCUT2D eigenvalue weighted by molar-refractivity contribution is 5.92. The summed E-state index contributed by atoms with van der Waals surface area (Å²) in [5, 5.41) is 14.7. The predicted octanol–water partition coefficient (Wildman–Crippen LogP) is 1.55. The van der Waals surface area contributed by atoms with E-state index in [0.29, 0.717) is 18.8 Å². The van der Waals surface area contributed by atoms with Crippen molar-refractivity contribution in [2.24, 2.45) is 5.92 Å². The predicted molar refractivity (Wildman–Crippen MR) is 81.8 cm³/mol. The standard InChI is InChI=1S/C16H22N2O5/c1-11-4-7-16(8-5-11,15(21)22)18-13(19)6-9-17-14(20)12-3-2-10-23-12/h2-3,10-11H,4-9H2,1H3,(H,17,20)(H,18,19)(H,21,22). The van der Waals surface area contributed by atoms with Crippen LogP contribution in [0.3, 0.4) is 0 Å². The Bertz CT molecular complexity index is 559. The maximum atomic E-state index is 12.0. The summed E-state index contributed by atoms with van der Waals surface area (Å²) in [6.45, 7) is 2.20. The fraction of sp³-hybridized carbons (Fsp3) is 0.562. The van der Waals surface area contributed by atoms with E-state index < -0.39 is 17.4 Å². The molecule has 0 saturated heterocycles. The molecule has 1 aromatic rings. The van der Waals surface area contributed by atoms with Gasteiger partial charge in [-0.15, -0.1) is 0 Å². The van der Waals surface area contributed by atoms with E-state index in [0.717, 1.165) is 12.8 Å². The van der Waals surface area contributed by atoms with E-state index >= 15 is 0 Å². The lowest BCUT2D eigenvalue weighted by Crippen LogP contribution is -2.56. The van der Waals surface area contributed by atoms with Crippen molar-refractivity contribution in [1.82, 2.24) is 10.6 Å². The van der Waals surface area contributed by atoms with Crippen molar-refractivity contribution in [2.75, 3.05) is 6.54 Å². The van der Waals surface area contributed by atoms with Crippen molar-refractivity contribution in [3.05, 3.63) is 24.2 Å². The molecule has 126 valence electrons. The van der Waals surface area contributed by atoms with Gasteiger partial charge in [-0.3, -0.25) is 9.59 Å². The van der Waals surface area contributed by atoms with Crippen LogP contribution in [-0.4, -0.2) is 35.0 Å². The van der Waals surface area contributed by atoms with Gasteiger partial charge in [-0.2, -0.15) is 0 Å². The molecule has 0 aromatic carbocycles. The van der Waals surface area contributed by atoms with Gasteiger partial charge in [0.2, 0.25) is 5.91 Å². The zero-order valence-electron chi connectivity index (χ0n) is 13.1. The Kier molecular flexibility index (Phi) is 5.41. The Morgan fingerprint density at radius 3 is 2.61 bits per heavy atom. The van der Waals surface area contributed by atoms with Crippen LogP contribution < -0.4 is 10.6 Å². The second-order valence-electron chi connectivity index (χ2n) is 6.10. The highest BCUT2D eigenvalue weighted by atomic mass is 16.4. The molecule has 2 amide bonds. The number of rotatable bonds is 6. The largest absolute Gasteiger partial charge is 0.480 e. The van der Waals surface area contributed by atoms with Crippen LogP contribution in [0.25, 0.3) is 0 Å². The quantitative estimate of drug-likeness (QED) is 0.736. The summed E-state index contributed by atoms with van der Waals surface area (Å²) in [4.78, 5) is 35.2. The van der Waals surface area contributed by atoms with Gasteiger partial charge in [0, 0.05) is 13.0 Å². The number of hydrogen-bond acceptors (Lipinski definition) is 4. The second kappa shape index (κ2) is 7.30. The fourth-order valence-corrected chi connectivity index (χ4v) is 2.76. The minimum Gasteiger partial charge on any atom is -0.480 e. The summed E-state index contributed by atoms with van der Waals surface area (Å²) in [6, 6.07) is 3.13. The molecule has 0 bridgehead atoms. The van der Waals surface area contributed by atoms with Crippen molar-refractivity contribution >= 4 is 17.8 Å². The number of hydrogen-bond donors (Lipinski definition) is 3. The van der Waals surface area contributed by atoms with Crippen LogP contribution in [0.2, 0.25) is 0 Å². The summed E-state index contributed by atoms with van der Waals surface area (Å²) in [5.74, 6) is -1.11. The zero-order valence-corrected chi connectivity index (χ0v) is 13.1. The summed E-state index contributed by atoms with van der Waals surface area (Å²) >= 11 is 0. The molecule has 1 fully saturated rings. The Labute approximate surface area is 134 Å². The molecule has 1 heterocycles. The van der Waals surface area contributed by atoms with Gasteiger partial charge < -0.3 is 20.2 Å². The minimum atomic E-state index is -1.17. The number of furan rings is 1. The maximum absolute atomic E-state index is 12.0. The lowest BCUT2D eigenvalue weighted by molar-refractivity contribution is -0.149. The number of carbonyl (C=O) groups is 3. The van der Waals surface area contributed by atoms with Gasteiger partial charge in [-0.1, -0.05) is 6.92 Å². The first-order valence-corrected chi connectivity index (χ1v) is 7.79. The first kappa shape index (κ1) is 17.1. The Morgan fingerprint density at radius 1 is 1.35 bits per heavy atom. The summed E-state index contributed by atoms with van der Waals surface area (Å²) in [5.41, 5.74) is -1.17. The van der Waals surface area contributed by atoms with Crippen molar-refractivity contribution in [2.45, 2.75) is 44.6 Å². The molecule has 0 aliphatic heterocycles. The molecule has 0 radical (unpaired) electrons. The second-order valence-corrected chi connectivity index (χ2v) is 6.10. The fourth-order valence-electron chi connectivity index (χ4n) is 2.76. The Balaban J connectivity index is 1.81. The maximum Gasteiger partial charge on any atom is 0.329 e. The van der Waals surface area contributed by atoms with E-state index in [9.17, 15) is 19.5 Å². The highest BCUT2D eigenvalue weighted by Crippen LogP contribution is 2.32. The molecule has 7 heteroatoms. The number of amides is 2. The molecule has 23 heavy (non-hydrogen) atoms. The van der Waals surface area contributed by atoms with E-state index in [1.807, 2.05) is 0 Å².